The molecule has 0 spiro atoms. The average Bonchev–Trinajstić information content (AvgIpc) is 2.75. The number of carbonyl (C=O) groups excluding carboxylic acids is 1. The van der Waals surface area contributed by atoms with Crippen molar-refractivity contribution in [3.63, 3.8) is 0 Å². The summed E-state index contributed by atoms with van der Waals surface area (Å²) in [6.07, 6.45) is 5.65. The van der Waals surface area contributed by atoms with Crippen molar-refractivity contribution in [3.8, 4) is 5.75 Å². The van der Waals surface area contributed by atoms with Crippen LogP contribution < -0.4 is 10.9 Å². The normalized spacial score (nSPS) is 24.9. The van der Waals surface area contributed by atoms with E-state index in [0.29, 0.717) is 36.6 Å². The molecule has 2 aliphatic rings. The van der Waals surface area contributed by atoms with E-state index in [0.717, 1.165) is 38.8 Å². The number of rotatable bonds is 5. The molecule has 1 aliphatic heterocycles. The molecule has 8 nitrogen and oxygen atoms in total. The molecule has 2 N–H and O–H groups in total. The Morgan fingerprint density at radius 3 is 2.77 bits per heavy atom. The Morgan fingerprint density at radius 2 is 2.03 bits per heavy atom. The lowest BCUT2D eigenvalue weighted by Crippen LogP contribution is -2.44. The lowest BCUT2D eigenvalue weighted by Gasteiger charge is -2.31. The maximum absolute atomic E-state index is 13.3. The zero-order valence-corrected chi connectivity index (χ0v) is 18.3. The van der Waals surface area contributed by atoms with E-state index in [4.69, 9.17) is 4.74 Å². The van der Waals surface area contributed by atoms with Gasteiger partial charge < -0.3 is 15.2 Å². The van der Waals surface area contributed by atoms with Gasteiger partial charge in [0, 0.05) is 38.4 Å². The van der Waals surface area contributed by atoms with E-state index in [-0.39, 0.29) is 23.5 Å². The number of nitrogens with zero attached hydrogens (tertiary/aromatic N) is 3. The molecule has 0 unspecified atom stereocenters. The predicted octanol–water partition coefficient (Wildman–Crippen LogP) is 2.13. The highest BCUT2D eigenvalue weighted by molar-refractivity contribution is 6.01. The standard InChI is InChI=1S/C23H32N4O4/c1-15-5-7-17(8-6-15)25-22(29)19-20(28)18-4-3-9-24-21(18)27(23(19)30)11-10-26-12-13-31-16(2)14-26/h3-4,9,15-17,28H,5-8,10-14H2,1-2H3,(H,25,29)/t15-,16-,17+/m1/s1. The molecule has 8 heteroatoms. The fourth-order valence-electron chi connectivity index (χ4n) is 4.67. The molecule has 1 amide bonds. The Balaban J connectivity index is 1.62. The van der Waals surface area contributed by atoms with E-state index in [1.165, 1.54) is 4.57 Å². The molecular weight excluding hydrogens is 396 g/mol. The second kappa shape index (κ2) is 9.36. The minimum atomic E-state index is -0.499. The lowest BCUT2D eigenvalue weighted by molar-refractivity contribution is -0.0191. The van der Waals surface area contributed by atoms with Gasteiger partial charge in [0.25, 0.3) is 11.5 Å². The third kappa shape index (κ3) is 4.75. The number of ether oxygens (including phenoxy) is 1. The smallest absolute Gasteiger partial charge is 0.268 e. The van der Waals surface area contributed by atoms with Crippen molar-refractivity contribution in [2.45, 2.75) is 58.2 Å². The van der Waals surface area contributed by atoms with Crippen LogP contribution in [0.15, 0.2) is 23.1 Å². The number of amides is 1. The summed E-state index contributed by atoms with van der Waals surface area (Å²) in [5, 5.41) is 14.2. The van der Waals surface area contributed by atoms with Crippen LogP contribution in [0.3, 0.4) is 0 Å². The average molecular weight is 429 g/mol. The zero-order valence-electron chi connectivity index (χ0n) is 18.3. The van der Waals surface area contributed by atoms with E-state index in [2.05, 4.69) is 22.1 Å². The maximum Gasteiger partial charge on any atom is 0.268 e. The Hall–Kier alpha value is -2.45. The molecular formula is C23H32N4O4. The molecule has 1 aliphatic carbocycles. The second-order valence-electron chi connectivity index (χ2n) is 8.97. The number of fused-ring (bicyclic) bond motifs is 1. The fourth-order valence-corrected chi connectivity index (χ4v) is 4.67. The quantitative estimate of drug-likeness (QED) is 0.757. The lowest BCUT2D eigenvalue weighted by atomic mass is 9.87. The topological polar surface area (TPSA) is 96.7 Å². The van der Waals surface area contributed by atoms with Gasteiger partial charge in [-0.1, -0.05) is 6.92 Å². The van der Waals surface area contributed by atoms with Crippen molar-refractivity contribution < 1.29 is 14.6 Å². The number of nitrogens with one attached hydrogen (secondary N) is 1. The molecule has 0 bridgehead atoms. The van der Waals surface area contributed by atoms with Crippen LogP contribution >= 0.6 is 0 Å². The van der Waals surface area contributed by atoms with Crippen LogP contribution in [-0.2, 0) is 11.3 Å². The minimum absolute atomic E-state index is 0.0374. The van der Waals surface area contributed by atoms with Gasteiger partial charge >= 0.3 is 0 Å². The van der Waals surface area contributed by atoms with Crippen LogP contribution in [0.4, 0.5) is 0 Å². The Labute approximate surface area is 182 Å². The Bertz CT molecular complexity index is 997. The first-order valence-corrected chi connectivity index (χ1v) is 11.3. The summed E-state index contributed by atoms with van der Waals surface area (Å²) < 4.78 is 7.11. The molecule has 2 fully saturated rings. The minimum Gasteiger partial charge on any atom is -0.506 e. The van der Waals surface area contributed by atoms with Gasteiger partial charge in [0.05, 0.1) is 18.1 Å². The zero-order chi connectivity index (χ0) is 22.0. The van der Waals surface area contributed by atoms with Gasteiger partial charge in [-0.25, -0.2) is 4.98 Å². The van der Waals surface area contributed by atoms with Crippen LogP contribution in [0.2, 0.25) is 0 Å². The fraction of sp³-hybridized carbons (Fsp3) is 0.609. The van der Waals surface area contributed by atoms with E-state index in [1.807, 2.05) is 6.92 Å². The van der Waals surface area contributed by atoms with Crippen LogP contribution in [0.5, 0.6) is 5.75 Å². The van der Waals surface area contributed by atoms with Crippen LogP contribution in [0.25, 0.3) is 11.0 Å². The maximum atomic E-state index is 13.3. The highest BCUT2D eigenvalue weighted by Gasteiger charge is 2.27. The summed E-state index contributed by atoms with van der Waals surface area (Å²) in [6.45, 7) is 7.55. The highest BCUT2D eigenvalue weighted by atomic mass is 16.5. The van der Waals surface area contributed by atoms with Crippen molar-refractivity contribution in [2.24, 2.45) is 5.92 Å². The number of pyridine rings is 2. The van der Waals surface area contributed by atoms with Crippen LogP contribution in [0, 0.1) is 5.92 Å². The Morgan fingerprint density at radius 1 is 1.26 bits per heavy atom. The van der Waals surface area contributed by atoms with E-state index < -0.39 is 11.5 Å². The molecule has 2 aromatic rings. The summed E-state index contributed by atoms with van der Waals surface area (Å²) in [4.78, 5) is 33.0. The van der Waals surface area contributed by atoms with Crippen molar-refractivity contribution in [1.29, 1.82) is 0 Å². The van der Waals surface area contributed by atoms with Crippen molar-refractivity contribution in [1.82, 2.24) is 19.8 Å². The molecule has 31 heavy (non-hydrogen) atoms. The molecule has 0 aromatic carbocycles. The number of aromatic nitrogens is 2. The SMILES string of the molecule is C[C@@H]1CN(CCn2c(=O)c(C(=O)N[C@H]3CC[C@@H](C)CC3)c(O)c3cccnc32)CCO1. The number of hydrogen-bond donors (Lipinski definition) is 2. The van der Waals surface area contributed by atoms with Crippen LogP contribution in [0.1, 0.15) is 49.9 Å². The van der Waals surface area contributed by atoms with E-state index in [9.17, 15) is 14.7 Å². The van der Waals surface area contributed by atoms with Gasteiger partial charge in [-0.15, -0.1) is 0 Å². The van der Waals surface area contributed by atoms with Gasteiger partial charge in [-0.2, -0.15) is 0 Å². The number of carbonyl (C=O) groups is 1. The summed E-state index contributed by atoms with van der Waals surface area (Å²) in [5.74, 6) is -0.124. The summed E-state index contributed by atoms with van der Waals surface area (Å²) in [7, 11) is 0. The predicted molar refractivity (Wildman–Crippen MR) is 118 cm³/mol. The first-order valence-electron chi connectivity index (χ1n) is 11.3. The number of aromatic hydroxyl groups is 1. The van der Waals surface area contributed by atoms with Crippen molar-refractivity contribution in [3.05, 3.63) is 34.2 Å². The summed E-state index contributed by atoms with van der Waals surface area (Å²) >= 11 is 0. The van der Waals surface area contributed by atoms with Crippen LogP contribution in [-0.4, -0.2) is 63.9 Å². The number of morpholine rings is 1. The van der Waals surface area contributed by atoms with Gasteiger partial charge in [0.1, 0.15) is 17.0 Å². The first-order chi connectivity index (χ1) is 14.9. The first kappa shape index (κ1) is 21.8. The monoisotopic (exact) mass is 428 g/mol. The van der Waals surface area contributed by atoms with Gasteiger partial charge in [-0.3, -0.25) is 19.1 Å². The molecule has 1 saturated heterocycles. The van der Waals surface area contributed by atoms with Crippen molar-refractivity contribution in [2.75, 3.05) is 26.2 Å². The Kier molecular flexibility index (Phi) is 6.57. The van der Waals surface area contributed by atoms with Gasteiger partial charge in [0.15, 0.2) is 0 Å². The molecule has 2 aromatic heterocycles. The third-order valence-corrected chi connectivity index (χ3v) is 6.54. The van der Waals surface area contributed by atoms with Crippen molar-refractivity contribution >= 4 is 16.9 Å². The van der Waals surface area contributed by atoms with Gasteiger partial charge in [0.2, 0.25) is 0 Å². The van der Waals surface area contributed by atoms with E-state index in [1.54, 1.807) is 18.3 Å². The number of hydrogen-bond acceptors (Lipinski definition) is 6. The molecule has 168 valence electrons. The molecule has 0 radical (unpaired) electrons. The molecule has 1 atom stereocenters. The molecule has 3 heterocycles. The molecule has 4 rings (SSSR count). The highest BCUT2D eigenvalue weighted by Crippen LogP contribution is 2.27. The third-order valence-electron chi connectivity index (χ3n) is 6.54. The summed E-state index contributed by atoms with van der Waals surface area (Å²) in [6, 6.07) is 3.43. The second-order valence-corrected chi connectivity index (χ2v) is 8.97. The van der Waals surface area contributed by atoms with E-state index >= 15 is 0 Å². The van der Waals surface area contributed by atoms with Gasteiger partial charge in [-0.05, 0) is 50.7 Å². The molecule has 1 saturated carbocycles. The largest absolute Gasteiger partial charge is 0.506 e. The summed E-state index contributed by atoms with van der Waals surface area (Å²) in [5.41, 5.74) is -0.282.